The first-order chi connectivity index (χ1) is 26.4. The number of aryl methyl sites for hydroxylation is 1. The van der Waals surface area contributed by atoms with Gasteiger partial charge in [-0.15, -0.1) is 0 Å². The number of aldehydes is 1. The van der Waals surface area contributed by atoms with Crippen LogP contribution in [0.4, 0.5) is 25.3 Å². The number of hydrogen-bond donors (Lipinski definition) is 3. The van der Waals surface area contributed by atoms with E-state index in [0.717, 1.165) is 48.7 Å². The van der Waals surface area contributed by atoms with Gasteiger partial charge >= 0.3 is 12.6 Å². The number of aromatic nitrogens is 4. The van der Waals surface area contributed by atoms with Crippen LogP contribution in [-0.2, 0) is 29.2 Å². The fourth-order valence-electron chi connectivity index (χ4n) is 7.55. The molecule has 55 heavy (non-hydrogen) atoms. The molecule has 0 spiro atoms. The summed E-state index contributed by atoms with van der Waals surface area (Å²) in [6, 6.07) is 13.6. The number of hydrogen-bond acceptors (Lipinski definition) is 10. The summed E-state index contributed by atoms with van der Waals surface area (Å²) < 4.78 is 46.4. The van der Waals surface area contributed by atoms with E-state index in [1.54, 1.807) is 11.7 Å². The minimum absolute atomic E-state index is 0.0490. The van der Waals surface area contributed by atoms with Crippen LogP contribution in [-0.4, -0.2) is 115 Å². The highest BCUT2D eigenvalue weighted by Crippen LogP contribution is 2.34. The average molecular weight is 782 g/mol. The molecular weight excluding hydrogens is 733 g/mol. The van der Waals surface area contributed by atoms with Crippen molar-refractivity contribution >= 4 is 46.0 Å². The number of halogens is 2. The number of ether oxygens (including phenoxy) is 1. The average Bonchev–Trinajstić information content (AvgIpc) is 3.50. The molecule has 4 aromatic rings. The van der Waals surface area contributed by atoms with Crippen molar-refractivity contribution in [1.29, 1.82) is 0 Å². The fraction of sp³-hybridized carbons (Fsp3) is 0.500. The molecule has 4 heterocycles. The number of nitrogens with one attached hydrogen (secondary N) is 2. The van der Waals surface area contributed by atoms with Gasteiger partial charge in [0.05, 0.1) is 28.4 Å². The second kappa shape index (κ2) is 17.9. The molecule has 0 radical (unpaired) electrons. The number of carbonyl (C=O) groups excluding carboxylic acids is 2. The summed E-state index contributed by atoms with van der Waals surface area (Å²) in [6.45, 7) is 2.53. The van der Waals surface area contributed by atoms with Crippen molar-refractivity contribution in [2.75, 3.05) is 56.5 Å². The number of carbonyl (C=O) groups is 2. The molecule has 2 aliphatic heterocycles. The normalized spacial score (nSPS) is 17.9. The number of rotatable bonds is 15. The Balaban J connectivity index is 0.991. The van der Waals surface area contributed by atoms with Crippen molar-refractivity contribution in [1.82, 2.24) is 34.3 Å². The Morgan fingerprint density at radius 1 is 1.11 bits per heavy atom. The highest BCUT2D eigenvalue weighted by molar-refractivity contribution is 7.82. The van der Waals surface area contributed by atoms with Gasteiger partial charge in [0.25, 0.3) is 0 Å². The maximum absolute atomic E-state index is 13.6. The SMILES string of the molecule is CNC(=O)N(CCC=O)c1nn(C)c2cc(C3CCN(CC(C)(O)Cc4cccc(S(=O)N5CCC(Nc6ncc(OC(F)F)cn6)CC5)c4)CC3)ccc12. The molecular formula is C38H49F2N9O5S. The molecule has 6 rings (SSSR count). The summed E-state index contributed by atoms with van der Waals surface area (Å²) in [5, 5.41) is 22.9. The van der Waals surface area contributed by atoms with Crippen LogP contribution < -0.4 is 20.3 Å². The van der Waals surface area contributed by atoms with E-state index in [4.69, 9.17) is 0 Å². The second-order valence-electron chi connectivity index (χ2n) is 14.5. The molecule has 2 aliphatic rings. The van der Waals surface area contributed by atoms with Gasteiger partial charge in [-0.2, -0.15) is 13.9 Å². The van der Waals surface area contributed by atoms with Crippen LogP contribution in [0.1, 0.15) is 56.1 Å². The van der Waals surface area contributed by atoms with E-state index in [1.165, 1.54) is 22.9 Å². The summed E-state index contributed by atoms with van der Waals surface area (Å²) in [7, 11) is 2.05. The van der Waals surface area contributed by atoms with Crippen molar-refractivity contribution in [2.24, 2.45) is 7.05 Å². The number of alkyl halides is 2. The molecule has 2 aromatic heterocycles. The summed E-state index contributed by atoms with van der Waals surface area (Å²) in [6.07, 6.45) is 7.11. The maximum atomic E-state index is 13.6. The number of anilines is 2. The zero-order chi connectivity index (χ0) is 39.1. The van der Waals surface area contributed by atoms with Gasteiger partial charge in [0.1, 0.15) is 17.3 Å². The van der Waals surface area contributed by atoms with E-state index in [1.807, 2.05) is 48.6 Å². The van der Waals surface area contributed by atoms with Crippen LogP contribution in [0.3, 0.4) is 0 Å². The largest absolute Gasteiger partial charge is 0.432 e. The lowest BCUT2D eigenvalue weighted by Gasteiger charge is -2.37. The lowest BCUT2D eigenvalue weighted by atomic mass is 9.88. The van der Waals surface area contributed by atoms with Crippen LogP contribution >= 0.6 is 0 Å². The number of likely N-dealkylation sites (tertiary alicyclic amines) is 1. The van der Waals surface area contributed by atoms with Gasteiger partial charge in [-0.25, -0.2) is 23.3 Å². The van der Waals surface area contributed by atoms with E-state index in [0.29, 0.717) is 61.5 Å². The van der Waals surface area contributed by atoms with Crippen LogP contribution in [0.5, 0.6) is 5.75 Å². The quantitative estimate of drug-likeness (QED) is 0.147. The summed E-state index contributed by atoms with van der Waals surface area (Å²) >= 11 is 0. The number of benzene rings is 2. The van der Waals surface area contributed by atoms with Crippen LogP contribution in [0.25, 0.3) is 10.9 Å². The highest BCUT2D eigenvalue weighted by atomic mass is 32.2. The summed E-state index contributed by atoms with van der Waals surface area (Å²) in [5.41, 5.74) is 2.06. The highest BCUT2D eigenvalue weighted by Gasteiger charge is 2.30. The Hall–Kier alpha value is -4.58. The number of aliphatic hydroxyl groups is 1. The van der Waals surface area contributed by atoms with Gasteiger partial charge in [-0.05, 0) is 87.0 Å². The number of β-amino-alcohol motifs (C(OH)–C–C–N with tert-alkyl or cyclic N) is 1. The standard InChI is InChI=1S/C38H49F2N9O5S/c1-38(52,22-26-6-4-7-31(20-26)55(53)48-17-12-29(13-18-48)44-36-42-23-30(24-43-36)54-35(39)40)25-47-15-10-27(11-16-47)28-8-9-32-33(21-28)46(3)45-34(32)49(14-5-19-50)37(51)41-2/h4,6-9,19-21,23-24,27,29,35,52H,5,10-18,22,25H2,1-3H3,(H,41,51)(H,42,43,44). The molecule has 2 atom stereocenters. The Bertz CT molecular complexity index is 1950. The predicted molar refractivity (Wildman–Crippen MR) is 206 cm³/mol. The molecule has 2 unspecified atom stereocenters. The first kappa shape index (κ1) is 40.1. The van der Waals surface area contributed by atoms with E-state index in [-0.39, 0.29) is 30.8 Å². The topological polar surface area (TPSA) is 158 Å². The van der Waals surface area contributed by atoms with Crippen LogP contribution in [0, 0.1) is 0 Å². The van der Waals surface area contributed by atoms with Crippen molar-refractivity contribution in [3.05, 3.63) is 66.0 Å². The first-order valence-electron chi connectivity index (χ1n) is 18.6. The first-order valence-corrected chi connectivity index (χ1v) is 19.7. The van der Waals surface area contributed by atoms with Crippen LogP contribution in [0.2, 0.25) is 0 Å². The molecule has 17 heteroatoms. The lowest BCUT2D eigenvalue weighted by Crippen LogP contribution is -2.45. The Morgan fingerprint density at radius 2 is 1.84 bits per heavy atom. The number of amides is 2. The minimum atomic E-state index is -2.94. The molecule has 2 fully saturated rings. The lowest BCUT2D eigenvalue weighted by molar-refractivity contribution is -0.107. The second-order valence-corrected chi connectivity index (χ2v) is 16.0. The fourth-order valence-corrected chi connectivity index (χ4v) is 8.83. The van der Waals surface area contributed by atoms with Crippen molar-refractivity contribution in [3.8, 4) is 5.75 Å². The Morgan fingerprint density at radius 3 is 2.51 bits per heavy atom. The zero-order valence-electron chi connectivity index (χ0n) is 31.4. The third-order valence-electron chi connectivity index (χ3n) is 10.2. The molecule has 2 saturated heterocycles. The maximum Gasteiger partial charge on any atom is 0.387 e. The number of piperidine rings is 2. The third kappa shape index (κ3) is 10.2. The molecule has 0 saturated carbocycles. The van der Waals surface area contributed by atoms with E-state index < -0.39 is 23.2 Å². The third-order valence-corrected chi connectivity index (χ3v) is 11.7. The monoisotopic (exact) mass is 781 g/mol. The molecule has 3 N–H and O–H groups in total. The van der Waals surface area contributed by atoms with Gasteiger partial charge in [0, 0.05) is 64.5 Å². The molecule has 296 valence electrons. The molecule has 0 bridgehead atoms. The van der Waals surface area contributed by atoms with Gasteiger partial charge < -0.3 is 30.2 Å². The summed E-state index contributed by atoms with van der Waals surface area (Å²) in [5.74, 6) is 1.09. The van der Waals surface area contributed by atoms with Crippen molar-refractivity contribution in [3.63, 3.8) is 0 Å². The van der Waals surface area contributed by atoms with Gasteiger partial charge in [-0.3, -0.25) is 9.58 Å². The Kier molecular flexibility index (Phi) is 13.1. The number of fused-ring (bicyclic) bond motifs is 1. The molecule has 2 amide bonds. The molecule has 0 aliphatic carbocycles. The van der Waals surface area contributed by atoms with Crippen molar-refractivity contribution in [2.45, 2.75) is 74.5 Å². The van der Waals surface area contributed by atoms with Gasteiger partial charge in [0.2, 0.25) is 5.95 Å². The zero-order valence-corrected chi connectivity index (χ0v) is 32.2. The molecule has 2 aromatic carbocycles. The van der Waals surface area contributed by atoms with Gasteiger partial charge in [0.15, 0.2) is 11.6 Å². The Labute approximate surface area is 321 Å². The van der Waals surface area contributed by atoms with Crippen molar-refractivity contribution < 1.29 is 32.4 Å². The van der Waals surface area contributed by atoms with E-state index >= 15 is 0 Å². The van der Waals surface area contributed by atoms with Gasteiger partial charge in [-0.1, -0.05) is 18.2 Å². The minimum Gasteiger partial charge on any atom is -0.432 e. The van der Waals surface area contributed by atoms with E-state index in [2.05, 4.69) is 47.5 Å². The number of urea groups is 1. The van der Waals surface area contributed by atoms with E-state index in [9.17, 15) is 27.7 Å². The smallest absolute Gasteiger partial charge is 0.387 e. The van der Waals surface area contributed by atoms with Crippen LogP contribution in [0.15, 0.2) is 59.8 Å². The molecule has 14 nitrogen and oxygen atoms in total. The summed E-state index contributed by atoms with van der Waals surface area (Å²) in [4.78, 5) is 36.2. The number of nitrogens with zero attached hydrogens (tertiary/aromatic N) is 7. The predicted octanol–water partition coefficient (Wildman–Crippen LogP) is 4.47.